The maximum atomic E-state index is 11.7. The molecule has 1 N–H and O–H groups in total. The molecule has 5 heteroatoms. The highest BCUT2D eigenvalue weighted by Crippen LogP contribution is 2.16. The normalized spacial score (nSPS) is 14.2. The number of carbonyl (C=O) groups is 1. The van der Waals surface area contributed by atoms with Gasteiger partial charge in [-0.1, -0.05) is 36.4 Å². The number of aromatic nitrogens is 2. The fourth-order valence-electron chi connectivity index (χ4n) is 3.09. The summed E-state index contributed by atoms with van der Waals surface area (Å²) in [5.74, 6) is 1.03. The monoisotopic (exact) mass is 332 g/mol. The van der Waals surface area contributed by atoms with Crippen LogP contribution in [-0.4, -0.2) is 27.3 Å². The minimum Gasteiger partial charge on any atom is -0.365 e. The van der Waals surface area contributed by atoms with Crippen LogP contribution in [0, 0.1) is 0 Å². The standard InChI is InChI=1S/C20H20N4O/c25-20-6-3-11-24(20)14-16-9-7-15(8-10-16)12-22-19-13-21-17-4-1-2-5-18(17)23-19/h1-2,4-5,7-10,13H,3,6,11-12,14H2,(H,22,23). The minimum absolute atomic E-state index is 0.264. The number of para-hydroxylation sites is 2. The van der Waals surface area contributed by atoms with Crippen LogP contribution in [0.4, 0.5) is 5.82 Å². The first-order valence-corrected chi connectivity index (χ1v) is 8.59. The number of fused-ring (bicyclic) bond motifs is 1. The Labute approximate surface area is 146 Å². The Hall–Kier alpha value is -2.95. The van der Waals surface area contributed by atoms with Gasteiger partial charge >= 0.3 is 0 Å². The summed E-state index contributed by atoms with van der Waals surface area (Å²) in [6.45, 7) is 2.28. The molecule has 2 heterocycles. The quantitative estimate of drug-likeness (QED) is 0.778. The maximum absolute atomic E-state index is 11.7. The van der Waals surface area contributed by atoms with Gasteiger partial charge in [0.2, 0.25) is 5.91 Å². The van der Waals surface area contributed by atoms with E-state index in [0.717, 1.165) is 29.8 Å². The van der Waals surface area contributed by atoms with Gasteiger partial charge in [-0.05, 0) is 29.7 Å². The summed E-state index contributed by atoms with van der Waals surface area (Å²) in [5.41, 5.74) is 4.13. The molecule has 0 atom stereocenters. The molecule has 0 bridgehead atoms. The molecule has 1 aliphatic heterocycles. The molecule has 1 fully saturated rings. The van der Waals surface area contributed by atoms with Crippen molar-refractivity contribution in [2.45, 2.75) is 25.9 Å². The lowest BCUT2D eigenvalue weighted by Crippen LogP contribution is -2.23. The average molecular weight is 332 g/mol. The summed E-state index contributed by atoms with van der Waals surface area (Å²) in [4.78, 5) is 22.6. The summed E-state index contributed by atoms with van der Waals surface area (Å²) in [6.07, 6.45) is 3.43. The van der Waals surface area contributed by atoms with Gasteiger partial charge in [-0.2, -0.15) is 0 Å². The van der Waals surface area contributed by atoms with Crippen molar-refractivity contribution in [1.82, 2.24) is 14.9 Å². The molecule has 1 saturated heterocycles. The van der Waals surface area contributed by atoms with Gasteiger partial charge in [0, 0.05) is 26.1 Å². The number of benzene rings is 2. The van der Waals surface area contributed by atoms with Crippen LogP contribution in [0.15, 0.2) is 54.7 Å². The lowest BCUT2D eigenvalue weighted by atomic mass is 10.1. The predicted molar refractivity (Wildman–Crippen MR) is 98.0 cm³/mol. The minimum atomic E-state index is 0.264. The highest BCUT2D eigenvalue weighted by Gasteiger charge is 2.19. The van der Waals surface area contributed by atoms with E-state index in [-0.39, 0.29) is 5.91 Å². The topological polar surface area (TPSA) is 58.1 Å². The smallest absolute Gasteiger partial charge is 0.222 e. The number of anilines is 1. The first kappa shape index (κ1) is 15.6. The Bertz CT molecular complexity index is 892. The lowest BCUT2D eigenvalue weighted by Gasteiger charge is -2.15. The third-order valence-corrected chi connectivity index (χ3v) is 4.49. The van der Waals surface area contributed by atoms with E-state index in [2.05, 4.69) is 39.6 Å². The Kier molecular flexibility index (Phi) is 4.29. The molecule has 0 spiro atoms. The van der Waals surface area contributed by atoms with E-state index < -0.39 is 0 Å². The summed E-state index contributed by atoms with van der Waals surface area (Å²) < 4.78 is 0. The van der Waals surface area contributed by atoms with Gasteiger partial charge in [-0.15, -0.1) is 0 Å². The SMILES string of the molecule is O=C1CCCN1Cc1ccc(CNc2cnc3ccccc3n2)cc1. The van der Waals surface area contributed by atoms with Crippen molar-refractivity contribution in [1.29, 1.82) is 0 Å². The van der Waals surface area contributed by atoms with Crippen LogP contribution in [0.3, 0.4) is 0 Å². The van der Waals surface area contributed by atoms with Crippen LogP contribution < -0.4 is 5.32 Å². The van der Waals surface area contributed by atoms with Crippen LogP contribution in [0.1, 0.15) is 24.0 Å². The highest BCUT2D eigenvalue weighted by atomic mass is 16.2. The second kappa shape index (κ2) is 6.89. The average Bonchev–Trinajstić information content (AvgIpc) is 3.06. The van der Waals surface area contributed by atoms with Crippen molar-refractivity contribution in [3.8, 4) is 0 Å². The van der Waals surface area contributed by atoms with Crippen molar-refractivity contribution in [2.24, 2.45) is 0 Å². The van der Waals surface area contributed by atoms with Gasteiger partial charge in [-0.3, -0.25) is 9.78 Å². The molecule has 0 unspecified atom stereocenters. The second-order valence-electron chi connectivity index (χ2n) is 6.33. The number of hydrogen-bond acceptors (Lipinski definition) is 4. The first-order chi connectivity index (χ1) is 12.3. The van der Waals surface area contributed by atoms with Crippen LogP contribution >= 0.6 is 0 Å². The molecule has 1 aromatic heterocycles. The van der Waals surface area contributed by atoms with Crippen molar-refractivity contribution < 1.29 is 4.79 Å². The second-order valence-corrected chi connectivity index (χ2v) is 6.33. The van der Waals surface area contributed by atoms with Gasteiger partial charge in [0.25, 0.3) is 0 Å². The lowest BCUT2D eigenvalue weighted by molar-refractivity contribution is -0.128. The van der Waals surface area contributed by atoms with Crippen molar-refractivity contribution in [2.75, 3.05) is 11.9 Å². The zero-order valence-electron chi connectivity index (χ0n) is 14.0. The fraction of sp³-hybridized carbons (Fsp3) is 0.250. The summed E-state index contributed by atoms with van der Waals surface area (Å²) in [7, 11) is 0. The molecule has 0 saturated carbocycles. The first-order valence-electron chi connectivity index (χ1n) is 8.59. The van der Waals surface area contributed by atoms with E-state index in [1.54, 1.807) is 6.20 Å². The van der Waals surface area contributed by atoms with Crippen LogP contribution in [0.2, 0.25) is 0 Å². The number of rotatable bonds is 5. The van der Waals surface area contributed by atoms with Gasteiger partial charge in [0.1, 0.15) is 5.82 Å². The molecular formula is C20H20N4O. The molecule has 2 aromatic carbocycles. The van der Waals surface area contributed by atoms with Crippen molar-refractivity contribution >= 4 is 22.8 Å². The number of hydrogen-bond donors (Lipinski definition) is 1. The van der Waals surface area contributed by atoms with Gasteiger partial charge < -0.3 is 10.2 Å². The van der Waals surface area contributed by atoms with E-state index >= 15 is 0 Å². The van der Waals surface area contributed by atoms with E-state index in [1.165, 1.54) is 11.1 Å². The molecule has 1 amide bonds. The van der Waals surface area contributed by atoms with Crippen LogP contribution in [0.5, 0.6) is 0 Å². The molecule has 5 nitrogen and oxygen atoms in total. The van der Waals surface area contributed by atoms with Gasteiger partial charge in [0.15, 0.2) is 0 Å². The predicted octanol–water partition coefficient (Wildman–Crippen LogP) is 3.36. The third kappa shape index (κ3) is 3.60. The highest BCUT2D eigenvalue weighted by molar-refractivity contribution is 5.78. The zero-order valence-corrected chi connectivity index (χ0v) is 14.0. The molecule has 0 radical (unpaired) electrons. The Morgan fingerprint density at radius 2 is 1.76 bits per heavy atom. The van der Waals surface area contributed by atoms with E-state index in [9.17, 15) is 4.79 Å². The molecule has 25 heavy (non-hydrogen) atoms. The molecular weight excluding hydrogens is 312 g/mol. The summed E-state index contributed by atoms with van der Waals surface area (Å²) in [5, 5.41) is 3.31. The number of nitrogens with one attached hydrogen (secondary N) is 1. The van der Waals surface area contributed by atoms with Crippen molar-refractivity contribution in [3.05, 3.63) is 65.9 Å². The van der Waals surface area contributed by atoms with E-state index in [0.29, 0.717) is 19.5 Å². The van der Waals surface area contributed by atoms with Gasteiger partial charge in [-0.25, -0.2) is 4.98 Å². The van der Waals surface area contributed by atoms with Crippen molar-refractivity contribution in [3.63, 3.8) is 0 Å². The molecule has 3 aromatic rings. The van der Waals surface area contributed by atoms with Crippen LogP contribution in [-0.2, 0) is 17.9 Å². The Morgan fingerprint density at radius 1 is 1.00 bits per heavy atom. The maximum Gasteiger partial charge on any atom is 0.222 e. The Morgan fingerprint density at radius 3 is 2.52 bits per heavy atom. The Balaban J connectivity index is 1.38. The largest absolute Gasteiger partial charge is 0.365 e. The third-order valence-electron chi connectivity index (χ3n) is 4.49. The molecule has 1 aliphatic rings. The number of likely N-dealkylation sites (tertiary alicyclic amines) is 1. The fourth-order valence-corrected chi connectivity index (χ4v) is 3.09. The van der Waals surface area contributed by atoms with E-state index in [1.807, 2.05) is 29.2 Å². The number of nitrogens with zero attached hydrogens (tertiary/aromatic N) is 3. The number of carbonyl (C=O) groups excluding carboxylic acids is 1. The molecule has 126 valence electrons. The summed E-state index contributed by atoms with van der Waals surface area (Å²) in [6, 6.07) is 16.2. The summed E-state index contributed by atoms with van der Waals surface area (Å²) >= 11 is 0. The molecule has 0 aliphatic carbocycles. The number of amides is 1. The van der Waals surface area contributed by atoms with E-state index in [4.69, 9.17) is 0 Å². The zero-order chi connectivity index (χ0) is 17.1. The van der Waals surface area contributed by atoms with Crippen LogP contribution in [0.25, 0.3) is 11.0 Å². The molecule has 4 rings (SSSR count). The van der Waals surface area contributed by atoms with Gasteiger partial charge in [0.05, 0.1) is 17.2 Å².